The van der Waals surface area contributed by atoms with Crippen molar-refractivity contribution in [2.75, 3.05) is 6.61 Å². The zero-order chi connectivity index (χ0) is 9.31. The molecule has 2 aliphatic rings. The summed E-state index contributed by atoms with van der Waals surface area (Å²) < 4.78 is 5.95. The molecule has 1 unspecified atom stereocenters. The first kappa shape index (κ1) is 9.47. The van der Waals surface area contributed by atoms with Crippen molar-refractivity contribution in [3.05, 3.63) is 0 Å². The predicted octanol–water partition coefficient (Wildman–Crippen LogP) is 2.07. The quantitative estimate of drug-likeness (QED) is 0.624. The van der Waals surface area contributed by atoms with Gasteiger partial charge in [-0.25, -0.2) is 0 Å². The second-order valence-electron chi connectivity index (χ2n) is 4.97. The average Bonchev–Trinajstić information content (AvgIpc) is 2.11. The van der Waals surface area contributed by atoms with Crippen LogP contribution >= 0.6 is 0 Å². The molecule has 0 aromatic heterocycles. The third kappa shape index (κ3) is 2.05. The van der Waals surface area contributed by atoms with Crippen molar-refractivity contribution >= 4 is 0 Å². The standard InChI is InChI=1S/C11H21NO/c1-9-2-5-11(6-3-9)8-10(12)4-7-13-11/h9-10H,2-8,12H2,1H3. The van der Waals surface area contributed by atoms with Crippen molar-refractivity contribution in [3.8, 4) is 0 Å². The molecule has 2 rings (SSSR count). The van der Waals surface area contributed by atoms with E-state index in [-0.39, 0.29) is 5.60 Å². The second kappa shape index (κ2) is 3.58. The van der Waals surface area contributed by atoms with E-state index in [0.717, 1.165) is 25.4 Å². The zero-order valence-corrected chi connectivity index (χ0v) is 8.59. The van der Waals surface area contributed by atoms with Gasteiger partial charge in [0.05, 0.1) is 5.60 Å². The molecule has 1 spiro atoms. The van der Waals surface area contributed by atoms with Gasteiger partial charge in [-0.2, -0.15) is 0 Å². The van der Waals surface area contributed by atoms with E-state index in [0.29, 0.717) is 6.04 Å². The van der Waals surface area contributed by atoms with E-state index in [4.69, 9.17) is 10.5 Å². The topological polar surface area (TPSA) is 35.2 Å². The van der Waals surface area contributed by atoms with Crippen LogP contribution in [-0.4, -0.2) is 18.2 Å². The lowest BCUT2D eigenvalue weighted by molar-refractivity contribution is -0.110. The Kier molecular flexibility index (Phi) is 2.61. The maximum Gasteiger partial charge on any atom is 0.0697 e. The summed E-state index contributed by atoms with van der Waals surface area (Å²) in [7, 11) is 0. The van der Waals surface area contributed by atoms with Gasteiger partial charge in [0, 0.05) is 12.6 Å². The van der Waals surface area contributed by atoms with Gasteiger partial charge in [0.15, 0.2) is 0 Å². The number of rotatable bonds is 0. The van der Waals surface area contributed by atoms with Crippen molar-refractivity contribution in [2.24, 2.45) is 11.7 Å². The lowest BCUT2D eigenvalue weighted by Crippen LogP contribution is -2.46. The molecule has 0 aromatic rings. The number of nitrogens with two attached hydrogens (primary N) is 1. The molecule has 0 bridgehead atoms. The van der Waals surface area contributed by atoms with Crippen molar-refractivity contribution in [1.82, 2.24) is 0 Å². The summed E-state index contributed by atoms with van der Waals surface area (Å²) in [5, 5.41) is 0. The Morgan fingerprint density at radius 3 is 2.54 bits per heavy atom. The Balaban J connectivity index is 1.95. The van der Waals surface area contributed by atoms with Crippen molar-refractivity contribution in [3.63, 3.8) is 0 Å². The van der Waals surface area contributed by atoms with Crippen LogP contribution in [0.25, 0.3) is 0 Å². The lowest BCUT2D eigenvalue weighted by atomic mass is 9.75. The van der Waals surface area contributed by atoms with Gasteiger partial charge in [-0.1, -0.05) is 6.92 Å². The molecule has 2 fully saturated rings. The van der Waals surface area contributed by atoms with Gasteiger partial charge >= 0.3 is 0 Å². The van der Waals surface area contributed by atoms with E-state index in [1.54, 1.807) is 0 Å². The van der Waals surface area contributed by atoms with Crippen LogP contribution in [0.3, 0.4) is 0 Å². The summed E-state index contributed by atoms with van der Waals surface area (Å²) in [5.41, 5.74) is 6.18. The molecule has 0 amide bonds. The normalized spacial score (nSPS) is 46.6. The molecule has 2 nitrogen and oxygen atoms in total. The number of hydrogen-bond acceptors (Lipinski definition) is 2. The third-order valence-electron chi connectivity index (χ3n) is 3.72. The fourth-order valence-electron chi connectivity index (χ4n) is 2.70. The highest BCUT2D eigenvalue weighted by atomic mass is 16.5. The minimum absolute atomic E-state index is 0.185. The zero-order valence-electron chi connectivity index (χ0n) is 8.59. The highest BCUT2D eigenvalue weighted by Gasteiger charge is 2.38. The van der Waals surface area contributed by atoms with Gasteiger partial charge in [0.1, 0.15) is 0 Å². The van der Waals surface area contributed by atoms with E-state index >= 15 is 0 Å². The van der Waals surface area contributed by atoms with Gasteiger partial charge in [0.25, 0.3) is 0 Å². The average molecular weight is 183 g/mol. The van der Waals surface area contributed by atoms with Crippen LogP contribution in [0.1, 0.15) is 45.4 Å². The monoisotopic (exact) mass is 183 g/mol. The summed E-state index contributed by atoms with van der Waals surface area (Å²) in [6, 6.07) is 0.391. The molecule has 13 heavy (non-hydrogen) atoms. The fraction of sp³-hybridized carbons (Fsp3) is 1.00. The molecular formula is C11H21NO. The molecule has 2 N–H and O–H groups in total. The fourth-order valence-corrected chi connectivity index (χ4v) is 2.70. The van der Waals surface area contributed by atoms with Gasteiger partial charge in [-0.15, -0.1) is 0 Å². The Morgan fingerprint density at radius 2 is 1.92 bits per heavy atom. The summed E-state index contributed by atoms with van der Waals surface area (Å²) in [6.07, 6.45) is 7.28. The Labute approximate surface area is 80.8 Å². The van der Waals surface area contributed by atoms with E-state index in [1.165, 1.54) is 25.7 Å². The molecule has 1 aliphatic carbocycles. The Bertz CT molecular complexity index is 173. The number of ether oxygens (including phenoxy) is 1. The SMILES string of the molecule is CC1CCC2(CC1)CC(N)CCO2. The first-order chi connectivity index (χ1) is 6.20. The predicted molar refractivity (Wildman–Crippen MR) is 53.5 cm³/mol. The number of hydrogen-bond donors (Lipinski definition) is 1. The van der Waals surface area contributed by atoms with Crippen LogP contribution in [0, 0.1) is 5.92 Å². The van der Waals surface area contributed by atoms with Crippen molar-refractivity contribution in [2.45, 2.75) is 57.1 Å². The van der Waals surface area contributed by atoms with Crippen LogP contribution in [0.4, 0.5) is 0 Å². The second-order valence-corrected chi connectivity index (χ2v) is 4.97. The van der Waals surface area contributed by atoms with Crippen molar-refractivity contribution in [1.29, 1.82) is 0 Å². The van der Waals surface area contributed by atoms with Crippen LogP contribution in [0.2, 0.25) is 0 Å². The molecule has 76 valence electrons. The molecule has 1 saturated heterocycles. The van der Waals surface area contributed by atoms with Crippen LogP contribution in [0.5, 0.6) is 0 Å². The van der Waals surface area contributed by atoms with Crippen molar-refractivity contribution < 1.29 is 4.74 Å². The summed E-state index contributed by atoms with van der Waals surface area (Å²) in [4.78, 5) is 0. The molecule has 1 heterocycles. The van der Waals surface area contributed by atoms with Crippen LogP contribution in [0.15, 0.2) is 0 Å². The van der Waals surface area contributed by atoms with Gasteiger partial charge < -0.3 is 10.5 Å². The molecule has 1 saturated carbocycles. The van der Waals surface area contributed by atoms with E-state index < -0.39 is 0 Å². The minimum atomic E-state index is 0.185. The van der Waals surface area contributed by atoms with Crippen LogP contribution < -0.4 is 5.73 Å². The molecular weight excluding hydrogens is 162 g/mol. The first-order valence-electron chi connectivity index (χ1n) is 5.60. The molecule has 0 radical (unpaired) electrons. The van der Waals surface area contributed by atoms with E-state index in [9.17, 15) is 0 Å². The third-order valence-corrected chi connectivity index (χ3v) is 3.72. The summed E-state index contributed by atoms with van der Waals surface area (Å²) in [6.45, 7) is 3.23. The van der Waals surface area contributed by atoms with E-state index in [2.05, 4.69) is 6.92 Å². The van der Waals surface area contributed by atoms with Gasteiger partial charge in [-0.3, -0.25) is 0 Å². The Morgan fingerprint density at radius 1 is 1.23 bits per heavy atom. The first-order valence-corrected chi connectivity index (χ1v) is 5.60. The van der Waals surface area contributed by atoms with Gasteiger partial charge in [0.2, 0.25) is 0 Å². The summed E-state index contributed by atoms with van der Waals surface area (Å²) in [5.74, 6) is 0.896. The van der Waals surface area contributed by atoms with E-state index in [1.807, 2.05) is 0 Å². The smallest absolute Gasteiger partial charge is 0.0697 e. The highest BCUT2D eigenvalue weighted by molar-refractivity contribution is 4.92. The highest BCUT2D eigenvalue weighted by Crippen LogP contribution is 2.39. The maximum absolute atomic E-state index is 5.99. The minimum Gasteiger partial charge on any atom is -0.375 e. The molecule has 1 atom stereocenters. The Hall–Kier alpha value is -0.0800. The molecule has 2 heteroatoms. The maximum atomic E-state index is 5.99. The largest absolute Gasteiger partial charge is 0.375 e. The van der Waals surface area contributed by atoms with Gasteiger partial charge in [-0.05, 0) is 44.4 Å². The lowest BCUT2D eigenvalue weighted by Gasteiger charge is -2.44. The molecule has 0 aromatic carbocycles. The summed E-state index contributed by atoms with van der Waals surface area (Å²) >= 11 is 0. The molecule has 1 aliphatic heterocycles. The van der Waals surface area contributed by atoms with Crippen LogP contribution in [-0.2, 0) is 4.74 Å².